The van der Waals surface area contributed by atoms with Crippen molar-refractivity contribution in [1.29, 1.82) is 0 Å². The summed E-state index contributed by atoms with van der Waals surface area (Å²) in [4.78, 5) is 25.9. The number of carbonyl (C=O) groups is 2. The molecule has 0 radical (unpaired) electrons. The number of benzene rings is 1. The molecule has 4 nitrogen and oxygen atoms in total. The average Bonchev–Trinajstić information content (AvgIpc) is 2.40. The fourth-order valence-corrected chi connectivity index (χ4v) is 2.30. The van der Waals surface area contributed by atoms with Gasteiger partial charge in [-0.25, -0.2) is 8.78 Å². The Bertz CT molecular complexity index is 589. The van der Waals surface area contributed by atoms with Crippen LogP contribution in [0, 0.1) is 17.6 Å². The summed E-state index contributed by atoms with van der Waals surface area (Å²) in [7, 11) is 0. The number of nitrogens with one attached hydrogen (secondary N) is 1. The number of likely N-dealkylation sites (tertiary alicyclic amines) is 1. The summed E-state index contributed by atoms with van der Waals surface area (Å²) in [5, 5.41) is 2.54. The highest BCUT2D eigenvalue weighted by atomic mass is 19.2. The molecule has 6 heteroatoms. The van der Waals surface area contributed by atoms with Gasteiger partial charge < -0.3 is 10.2 Å². The summed E-state index contributed by atoms with van der Waals surface area (Å²) >= 11 is 0. The molecule has 1 saturated heterocycles. The van der Waals surface area contributed by atoms with E-state index in [-0.39, 0.29) is 17.5 Å². The zero-order valence-electron chi connectivity index (χ0n) is 12.2. The van der Waals surface area contributed by atoms with Crippen molar-refractivity contribution in [2.75, 3.05) is 11.9 Å². The first-order valence-electron chi connectivity index (χ1n) is 6.83. The fourth-order valence-electron chi connectivity index (χ4n) is 2.30. The maximum Gasteiger partial charge on any atom is 0.250 e. The van der Waals surface area contributed by atoms with Crippen molar-refractivity contribution in [3.63, 3.8) is 0 Å². The van der Waals surface area contributed by atoms with Crippen LogP contribution in [-0.4, -0.2) is 28.8 Å². The van der Waals surface area contributed by atoms with Gasteiger partial charge in [0.1, 0.15) is 5.54 Å². The second kappa shape index (κ2) is 5.42. The zero-order valence-corrected chi connectivity index (χ0v) is 12.2. The Hall–Kier alpha value is -1.98. The van der Waals surface area contributed by atoms with Crippen molar-refractivity contribution < 1.29 is 18.4 Å². The summed E-state index contributed by atoms with van der Waals surface area (Å²) in [6.45, 7) is 5.74. The van der Waals surface area contributed by atoms with Gasteiger partial charge >= 0.3 is 0 Å². The van der Waals surface area contributed by atoms with E-state index in [2.05, 4.69) is 5.32 Å². The molecule has 0 saturated carbocycles. The highest BCUT2D eigenvalue weighted by Crippen LogP contribution is 2.33. The first-order valence-corrected chi connectivity index (χ1v) is 6.83. The van der Waals surface area contributed by atoms with Gasteiger partial charge in [0.2, 0.25) is 11.8 Å². The van der Waals surface area contributed by atoms with Crippen molar-refractivity contribution in [1.82, 2.24) is 4.90 Å². The molecule has 0 spiro atoms. The Balaban J connectivity index is 2.12. The summed E-state index contributed by atoms with van der Waals surface area (Å²) < 4.78 is 26.0. The van der Waals surface area contributed by atoms with Gasteiger partial charge in [-0.3, -0.25) is 9.59 Å². The molecule has 1 unspecified atom stereocenters. The SMILES string of the molecule is CC(C)C(=O)N1CCC1(C)C(=O)Nc1ccc(F)c(F)c1. The zero-order chi connectivity index (χ0) is 15.8. The van der Waals surface area contributed by atoms with E-state index in [9.17, 15) is 18.4 Å². The van der Waals surface area contributed by atoms with Crippen LogP contribution in [0.4, 0.5) is 14.5 Å². The summed E-state index contributed by atoms with van der Waals surface area (Å²) in [6.07, 6.45) is 0.543. The molecule has 1 aliphatic rings. The topological polar surface area (TPSA) is 49.4 Å². The molecule has 114 valence electrons. The minimum atomic E-state index is -1.03. The van der Waals surface area contributed by atoms with Gasteiger partial charge in [-0.15, -0.1) is 0 Å². The van der Waals surface area contributed by atoms with Crippen molar-refractivity contribution in [3.8, 4) is 0 Å². The molecule has 2 rings (SSSR count). The normalized spacial score (nSPS) is 21.1. The lowest BCUT2D eigenvalue weighted by Crippen LogP contribution is -2.66. The van der Waals surface area contributed by atoms with Crippen LogP contribution in [0.2, 0.25) is 0 Å². The van der Waals surface area contributed by atoms with Crippen molar-refractivity contribution in [3.05, 3.63) is 29.8 Å². The molecule has 0 bridgehead atoms. The number of amides is 2. The quantitative estimate of drug-likeness (QED) is 0.932. The van der Waals surface area contributed by atoms with Crippen LogP contribution in [0.15, 0.2) is 18.2 Å². The Labute approximate surface area is 122 Å². The van der Waals surface area contributed by atoms with E-state index < -0.39 is 23.1 Å². The molecular weight excluding hydrogens is 278 g/mol. The lowest BCUT2D eigenvalue weighted by Gasteiger charge is -2.49. The third-order valence-corrected chi connectivity index (χ3v) is 3.84. The number of halogens is 2. The van der Waals surface area contributed by atoms with Gasteiger partial charge in [0.15, 0.2) is 11.6 Å². The molecule has 1 aromatic rings. The van der Waals surface area contributed by atoms with Crippen molar-refractivity contribution >= 4 is 17.5 Å². The second-order valence-corrected chi connectivity index (χ2v) is 5.75. The molecule has 1 aromatic carbocycles. The first-order chi connectivity index (χ1) is 9.75. The molecule has 1 aliphatic heterocycles. The Morgan fingerprint density at radius 3 is 2.43 bits per heavy atom. The van der Waals surface area contributed by atoms with E-state index in [1.54, 1.807) is 20.8 Å². The van der Waals surface area contributed by atoms with Gasteiger partial charge in [0, 0.05) is 24.2 Å². The highest BCUT2D eigenvalue weighted by molar-refractivity contribution is 6.01. The minimum Gasteiger partial charge on any atom is -0.328 e. The first kappa shape index (κ1) is 15.4. The second-order valence-electron chi connectivity index (χ2n) is 5.75. The van der Waals surface area contributed by atoms with Crippen LogP contribution in [0.5, 0.6) is 0 Å². The Morgan fingerprint density at radius 1 is 1.29 bits per heavy atom. The average molecular weight is 296 g/mol. The summed E-state index contributed by atoms with van der Waals surface area (Å²) in [5.41, 5.74) is -0.768. The monoisotopic (exact) mass is 296 g/mol. The highest BCUT2D eigenvalue weighted by Gasteiger charge is 2.49. The molecule has 1 fully saturated rings. The number of nitrogens with zero attached hydrogens (tertiary/aromatic N) is 1. The van der Waals surface area contributed by atoms with Crippen LogP contribution in [0.3, 0.4) is 0 Å². The third-order valence-electron chi connectivity index (χ3n) is 3.84. The Morgan fingerprint density at radius 2 is 1.95 bits per heavy atom. The van der Waals surface area contributed by atoms with Crippen LogP contribution >= 0.6 is 0 Å². The van der Waals surface area contributed by atoms with Crippen LogP contribution < -0.4 is 5.32 Å². The maximum atomic E-state index is 13.1. The largest absolute Gasteiger partial charge is 0.328 e. The molecule has 0 aliphatic carbocycles. The predicted molar refractivity (Wildman–Crippen MR) is 74.6 cm³/mol. The van der Waals surface area contributed by atoms with Crippen LogP contribution in [0.25, 0.3) is 0 Å². The van der Waals surface area contributed by atoms with Gasteiger partial charge in [0.25, 0.3) is 0 Å². The van der Waals surface area contributed by atoms with E-state index in [0.29, 0.717) is 13.0 Å². The smallest absolute Gasteiger partial charge is 0.250 e. The lowest BCUT2D eigenvalue weighted by atomic mass is 9.84. The maximum absolute atomic E-state index is 13.1. The molecule has 1 atom stereocenters. The van der Waals surface area contributed by atoms with Gasteiger partial charge in [-0.2, -0.15) is 0 Å². The molecule has 0 aromatic heterocycles. The third kappa shape index (κ3) is 2.75. The van der Waals surface area contributed by atoms with Gasteiger partial charge in [0.05, 0.1) is 0 Å². The minimum absolute atomic E-state index is 0.0933. The van der Waals surface area contributed by atoms with Gasteiger partial charge in [-0.05, 0) is 25.5 Å². The van der Waals surface area contributed by atoms with Crippen LogP contribution in [0.1, 0.15) is 27.2 Å². The van der Waals surface area contributed by atoms with E-state index in [0.717, 1.165) is 12.1 Å². The van der Waals surface area contributed by atoms with E-state index in [1.165, 1.54) is 11.0 Å². The number of carbonyl (C=O) groups excluding carboxylic acids is 2. The number of hydrogen-bond acceptors (Lipinski definition) is 2. The van der Waals surface area contributed by atoms with E-state index in [4.69, 9.17) is 0 Å². The van der Waals surface area contributed by atoms with Gasteiger partial charge in [-0.1, -0.05) is 13.8 Å². The number of rotatable bonds is 3. The standard InChI is InChI=1S/C15H18F2N2O2/c1-9(2)13(20)19-7-6-15(19,3)14(21)18-10-4-5-11(16)12(17)8-10/h4-5,8-9H,6-7H2,1-3H3,(H,18,21). The summed E-state index contributed by atoms with van der Waals surface area (Å²) in [5.74, 6) is -2.68. The Kier molecular flexibility index (Phi) is 3.98. The molecule has 1 heterocycles. The molecule has 21 heavy (non-hydrogen) atoms. The number of anilines is 1. The van der Waals surface area contributed by atoms with E-state index >= 15 is 0 Å². The van der Waals surface area contributed by atoms with E-state index in [1.807, 2.05) is 0 Å². The molecule has 2 amide bonds. The van der Waals surface area contributed by atoms with Crippen LogP contribution in [-0.2, 0) is 9.59 Å². The van der Waals surface area contributed by atoms with Crippen molar-refractivity contribution in [2.45, 2.75) is 32.7 Å². The predicted octanol–water partition coefficient (Wildman–Crippen LogP) is 2.55. The molecular formula is C15H18F2N2O2. The lowest BCUT2D eigenvalue weighted by molar-refractivity contribution is -0.157. The fraction of sp³-hybridized carbons (Fsp3) is 0.467. The number of hydrogen-bond donors (Lipinski definition) is 1. The summed E-state index contributed by atoms with van der Waals surface area (Å²) in [6, 6.07) is 3.15. The molecule has 1 N–H and O–H groups in total. The van der Waals surface area contributed by atoms with Crippen molar-refractivity contribution in [2.24, 2.45) is 5.92 Å².